The Balaban J connectivity index is 2.15. The van der Waals surface area contributed by atoms with Crippen molar-refractivity contribution >= 4 is 17.0 Å². The zero-order valence-electron chi connectivity index (χ0n) is 10.7. The van der Waals surface area contributed by atoms with Gasteiger partial charge in [-0.3, -0.25) is 0 Å². The van der Waals surface area contributed by atoms with Crippen LogP contribution in [-0.2, 0) is 15.8 Å². The first-order valence-corrected chi connectivity index (χ1v) is 7.79. The molecule has 0 bridgehead atoms. The van der Waals surface area contributed by atoms with Crippen LogP contribution in [0.1, 0.15) is 53.9 Å². The molecular formula is C14H18O4S. The predicted octanol–water partition coefficient (Wildman–Crippen LogP) is 3.07. The zero-order chi connectivity index (χ0) is 13.7. The van der Waals surface area contributed by atoms with E-state index in [1.165, 1.54) is 19.3 Å². The molecule has 1 atom stereocenters. The van der Waals surface area contributed by atoms with E-state index < -0.39 is 23.0 Å². The summed E-state index contributed by atoms with van der Waals surface area (Å²) >= 11 is -2.11. The minimum atomic E-state index is -2.11. The Bertz CT molecular complexity index is 466. The van der Waals surface area contributed by atoms with Crippen molar-refractivity contribution in [2.75, 3.05) is 5.94 Å². The molecule has 0 amide bonds. The van der Waals surface area contributed by atoms with Crippen LogP contribution in [0.4, 0.5) is 0 Å². The molecule has 1 unspecified atom stereocenters. The first-order valence-electron chi connectivity index (χ1n) is 6.52. The summed E-state index contributed by atoms with van der Waals surface area (Å²) in [4.78, 5) is 11.9. The molecule has 1 fully saturated rings. The summed E-state index contributed by atoms with van der Waals surface area (Å²) in [5, 5.41) is 0. The minimum absolute atomic E-state index is 0.400. The fourth-order valence-corrected chi connectivity index (χ4v) is 2.84. The van der Waals surface area contributed by atoms with Gasteiger partial charge in [0.15, 0.2) is 17.0 Å². The molecule has 0 spiro atoms. The molecular weight excluding hydrogens is 264 g/mol. The predicted molar refractivity (Wildman–Crippen MR) is 73.3 cm³/mol. The summed E-state index contributed by atoms with van der Waals surface area (Å²) in [7, 11) is 0. The number of hydrogen-bond acceptors (Lipinski definition) is 3. The summed E-state index contributed by atoms with van der Waals surface area (Å²) < 4.78 is 24.0. The molecule has 0 saturated heterocycles. The van der Waals surface area contributed by atoms with Crippen molar-refractivity contribution in [1.29, 1.82) is 0 Å². The molecule has 0 aliphatic heterocycles. The van der Waals surface area contributed by atoms with Crippen LogP contribution >= 0.6 is 0 Å². The molecule has 0 aromatic heterocycles. The van der Waals surface area contributed by atoms with Crippen molar-refractivity contribution < 1.29 is 18.3 Å². The summed E-state index contributed by atoms with van der Waals surface area (Å²) in [5.74, 6) is -0.585. The monoisotopic (exact) mass is 282 g/mol. The Morgan fingerprint density at radius 2 is 1.95 bits per heavy atom. The lowest BCUT2D eigenvalue weighted by molar-refractivity contribution is 0.0568. The third-order valence-electron chi connectivity index (χ3n) is 3.52. The Kier molecular flexibility index (Phi) is 5.10. The van der Waals surface area contributed by atoms with Crippen molar-refractivity contribution in [2.45, 2.75) is 38.0 Å². The van der Waals surface area contributed by atoms with E-state index in [-0.39, 0.29) is 0 Å². The maximum Gasteiger partial charge on any atom is 0.339 e. The van der Waals surface area contributed by atoms with E-state index in [4.69, 9.17) is 9.29 Å². The van der Waals surface area contributed by atoms with Crippen LogP contribution in [0.5, 0.6) is 0 Å². The third kappa shape index (κ3) is 3.88. The van der Waals surface area contributed by atoms with Crippen LogP contribution in [0, 0.1) is 0 Å². The summed E-state index contributed by atoms with van der Waals surface area (Å²) in [6.45, 7) is 0. The molecule has 2 rings (SSSR count). The second kappa shape index (κ2) is 6.82. The first-order chi connectivity index (χ1) is 9.18. The maximum absolute atomic E-state index is 11.9. The van der Waals surface area contributed by atoms with Crippen LogP contribution < -0.4 is 0 Å². The van der Waals surface area contributed by atoms with E-state index in [0.717, 1.165) is 18.4 Å². The molecule has 1 aromatic carbocycles. The lowest BCUT2D eigenvalue weighted by Gasteiger charge is -2.23. The molecule has 1 aromatic rings. The standard InChI is InChI=1S/C14H18O4S/c15-14(18-10-19(16)17)13-9-5-4-8-12(13)11-6-2-1-3-7-11/h4-5,8-9,11H,1-3,6-7,10H2,(H,16,17). The highest BCUT2D eigenvalue weighted by molar-refractivity contribution is 7.79. The second-order valence-electron chi connectivity index (χ2n) is 4.79. The van der Waals surface area contributed by atoms with Gasteiger partial charge in [-0.2, -0.15) is 0 Å². The molecule has 0 radical (unpaired) electrons. The number of carbonyl (C=O) groups is 1. The van der Waals surface area contributed by atoms with Crippen LogP contribution in [0.3, 0.4) is 0 Å². The highest BCUT2D eigenvalue weighted by atomic mass is 32.2. The van der Waals surface area contributed by atoms with E-state index >= 15 is 0 Å². The molecule has 0 heterocycles. The topological polar surface area (TPSA) is 63.6 Å². The molecule has 5 heteroatoms. The van der Waals surface area contributed by atoms with Gasteiger partial charge in [0.05, 0.1) is 5.56 Å². The maximum atomic E-state index is 11.9. The van der Waals surface area contributed by atoms with Crippen LogP contribution in [0.15, 0.2) is 24.3 Å². The fraction of sp³-hybridized carbons (Fsp3) is 0.500. The minimum Gasteiger partial charge on any atom is -0.446 e. The van der Waals surface area contributed by atoms with Gasteiger partial charge in [0.25, 0.3) is 0 Å². The van der Waals surface area contributed by atoms with E-state index in [2.05, 4.69) is 0 Å². The molecule has 1 saturated carbocycles. The summed E-state index contributed by atoms with van der Waals surface area (Å²) in [6, 6.07) is 7.40. The lowest BCUT2D eigenvalue weighted by Crippen LogP contribution is -2.14. The van der Waals surface area contributed by atoms with Gasteiger partial charge in [-0.05, 0) is 30.4 Å². The highest BCUT2D eigenvalue weighted by Crippen LogP contribution is 2.34. The van der Waals surface area contributed by atoms with E-state index in [9.17, 15) is 9.00 Å². The van der Waals surface area contributed by atoms with Crippen molar-refractivity contribution in [1.82, 2.24) is 0 Å². The molecule has 19 heavy (non-hydrogen) atoms. The largest absolute Gasteiger partial charge is 0.446 e. The number of esters is 1. The molecule has 1 N–H and O–H groups in total. The Morgan fingerprint density at radius 1 is 1.26 bits per heavy atom. The summed E-state index contributed by atoms with van der Waals surface area (Å²) in [5.41, 5.74) is 1.54. The van der Waals surface area contributed by atoms with E-state index in [1.54, 1.807) is 12.1 Å². The molecule has 4 nitrogen and oxygen atoms in total. The smallest absolute Gasteiger partial charge is 0.339 e. The van der Waals surface area contributed by atoms with Crippen LogP contribution in [0.2, 0.25) is 0 Å². The average Bonchev–Trinajstić information content (AvgIpc) is 2.45. The molecule has 1 aliphatic rings. The highest BCUT2D eigenvalue weighted by Gasteiger charge is 2.21. The van der Waals surface area contributed by atoms with Crippen molar-refractivity contribution in [3.05, 3.63) is 35.4 Å². The normalized spacial score (nSPS) is 17.9. The van der Waals surface area contributed by atoms with Crippen LogP contribution in [-0.4, -0.2) is 20.7 Å². The zero-order valence-corrected chi connectivity index (χ0v) is 11.5. The SMILES string of the molecule is O=C(OCS(=O)O)c1ccccc1C1CCCCC1. The van der Waals surface area contributed by atoms with Gasteiger partial charge in [0.1, 0.15) is 0 Å². The van der Waals surface area contributed by atoms with Gasteiger partial charge in [-0.15, -0.1) is 0 Å². The van der Waals surface area contributed by atoms with Gasteiger partial charge in [-0.25, -0.2) is 9.00 Å². The van der Waals surface area contributed by atoms with Gasteiger partial charge < -0.3 is 9.29 Å². The van der Waals surface area contributed by atoms with Crippen molar-refractivity contribution in [2.24, 2.45) is 0 Å². The van der Waals surface area contributed by atoms with Crippen LogP contribution in [0.25, 0.3) is 0 Å². The van der Waals surface area contributed by atoms with Gasteiger partial charge >= 0.3 is 5.97 Å². The van der Waals surface area contributed by atoms with Gasteiger partial charge in [0.2, 0.25) is 0 Å². The number of benzene rings is 1. The quantitative estimate of drug-likeness (QED) is 0.681. The number of rotatable bonds is 4. The number of carbonyl (C=O) groups excluding carboxylic acids is 1. The summed E-state index contributed by atoms with van der Waals surface area (Å²) in [6.07, 6.45) is 5.82. The van der Waals surface area contributed by atoms with E-state index in [1.807, 2.05) is 12.1 Å². The van der Waals surface area contributed by atoms with Gasteiger partial charge in [-0.1, -0.05) is 37.5 Å². The molecule has 1 aliphatic carbocycles. The Morgan fingerprint density at radius 3 is 2.63 bits per heavy atom. The Labute approximate surface area is 115 Å². The number of hydrogen-bond donors (Lipinski definition) is 1. The molecule has 104 valence electrons. The lowest BCUT2D eigenvalue weighted by atomic mass is 9.82. The van der Waals surface area contributed by atoms with E-state index in [0.29, 0.717) is 11.5 Å². The fourth-order valence-electron chi connectivity index (χ4n) is 2.63. The van der Waals surface area contributed by atoms with Gasteiger partial charge in [0, 0.05) is 0 Å². The average molecular weight is 282 g/mol. The second-order valence-corrected chi connectivity index (χ2v) is 5.67. The number of ether oxygens (including phenoxy) is 1. The third-order valence-corrected chi connectivity index (χ3v) is 3.84. The Hall–Kier alpha value is -1.20. The first kappa shape index (κ1) is 14.2. The van der Waals surface area contributed by atoms with Crippen molar-refractivity contribution in [3.8, 4) is 0 Å². The van der Waals surface area contributed by atoms with Crippen molar-refractivity contribution in [3.63, 3.8) is 0 Å².